The predicted octanol–water partition coefficient (Wildman–Crippen LogP) is 2.65. The van der Waals surface area contributed by atoms with Crippen molar-refractivity contribution in [1.29, 1.82) is 0 Å². The van der Waals surface area contributed by atoms with Gasteiger partial charge >= 0.3 is 0 Å². The Balaban J connectivity index is 1.79. The van der Waals surface area contributed by atoms with Gasteiger partial charge in [-0.1, -0.05) is 0 Å². The van der Waals surface area contributed by atoms with Crippen molar-refractivity contribution >= 4 is 11.3 Å². The van der Waals surface area contributed by atoms with Gasteiger partial charge in [-0.3, -0.25) is 0 Å². The maximum atomic E-state index is 9.95. The van der Waals surface area contributed by atoms with Crippen molar-refractivity contribution in [3.8, 4) is 0 Å². The van der Waals surface area contributed by atoms with E-state index in [1.54, 1.807) is 29.7 Å². The third kappa shape index (κ3) is 3.41. The van der Waals surface area contributed by atoms with Crippen molar-refractivity contribution < 1.29 is 9.52 Å². The number of nitrogens with one attached hydrogen (secondary N) is 1. The van der Waals surface area contributed by atoms with Gasteiger partial charge < -0.3 is 14.8 Å². The van der Waals surface area contributed by atoms with Crippen LogP contribution in [0.15, 0.2) is 28.3 Å². The van der Waals surface area contributed by atoms with Crippen molar-refractivity contribution in [3.63, 3.8) is 0 Å². The summed E-state index contributed by atoms with van der Waals surface area (Å²) in [5.41, 5.74) is 2.93. The summed E-state index contributed by atoms with van der Waals surface area (Å²) in [6.45, 7) is 4.86. The van der Waals surface area contributed by atoms with Crippen LogP contribution in [0.4, 0.5) is 0 Å². The molecule has 0 saturated carbocycles. The second kappa shape index (κ2) is 6.13. The molecule has 0 aromatic carbocycles. The van der Waals surface area contributed by atoms with Crippen molar-refractivity contribution in [2.45, 2.75) is 39.0 Å². The van der Waals surface area contributed by atoms with Crippen LogP contribution in [0.25, 0.3) is 0 Å². The molecule has 4 nitrogen and oxygen atoms in total. The Morgan fingerprint density at radius 3 is 3.00 bits per heavy atom. The highest BCUT2D eigenvalue weighted by atomic mass is 32.1. The molecule has 0 fully saturated rings. The standard InChI is InChI=1S/C13H18N2O2S/c1-9(6-11(16)12-4-3-5-17-12)14-7-13-10(2)15-8-18-13/h3-5,8-9,11,14,16H,6-7H2,1-2H3. The first-order chi connectivity index (χ1) is 8.66. The Hall–Kier alpha value is -1.17. The van der Waals surface area contributed by atoms with Gasteiger partial charge in [0.25, 0.3) is 0 Å². The molecule has 2 rings (SSSR count). The van der Waals surface area contributed by atoms with Crippen LogP contribution in [0.2, 0.25) is 0 Å². The molecular weight excluding hydrogens is 248 g/mol. The van der Waals surface area contributed by atoms with Crippen LogP contribution in [-0.4, -0.2) is 16.1 Å². The molecule has 0 spiro atoms. The highest BCUT2D eigenvalue weighted by Gasteiger charge is 2.14. The lowest BCUT2D eigenvalue weighted by Gasteiger charge is -2.16. The number of aromatic nitrogens is 1. The van der Waals surface area contributed by atoms with Crippen LogP contribution in [0, 0.1) is 6.92 Å². The molecule has 0 radical (unpaired) electrons. The number of aryl methyl sites for hydroxylation is 1. The molecule has 18 heavy (non-hydrogen) atoms. The fraction of sp³-hybridized carbons (Fsp3) is 0.462. The highest BCUT2D eigenvalue weighted by molar-refractivity contribution is 7.09. The van der Waals surface area contributed by atoms with Crippen molar-refractivity contribution in [1.82, 2.24) is 10.3 Å². The highest BCUT2D eigenvalue weighted by Crippen LogP contribution is 2.19. The normalized spacial score (nSPS) is 14.6. The largest absolute Gasteiger partial charge is 0.467 e. The Morgan fingerprint density at radius 2 is 2.39 bits per heavy atom. The molecule has 0 aliphatic heterocycles. The Bertz CT molecular complexity index is 467. The number of aliphatic hydroxyl groups is 1. The summed E-state index contributed by atoms with van der Waals surface area (Å²) in [4.78, 5) is 5.46. The third-order valence-electron chi connectivity index (χ3n) is 2.90. The molecular formula is C13H18N2O2S. The minimum atomic E-state index is -0.551. The molecule has 0 amide bonds. The minimum Gasteiger partial charge on any atom is -0.467 e. The van der Waals surface area contributed by atoms with Gasteiger partial charge in [0.05, 0.1) is 17.5 Å². The lowest BCUT2D eigenvalue weighted by atomic mass is 10.1. The SMILES string of the molecule is Cc1ncsc1CNC(C)CC(O)c1ccco1. The number of aliphatic hydroxyl groups excluding tert-OH is 1. The molecule has 0 saturated heterocycles. The lowest BCUT2D eigenvalue weighted by molar-refractivity contribution is 0.128. The predicted molar refractivity (Wildman–Crippen MR) is 71.4 cm³/mol. The first-order valence-electron chi connectivity index (χ1n) is 6.00. The van der Waals surface area contributed by atoms with Crippen LogP contribution in [0.5, 0.6) is 0 Å². The summed E-state index contributed by atoms with van der Waals surface area (Å²) in [5, 5.41) is 13.3. The van der Waals surface area contributed by atoms with E-state index < -0.39 is 6.10 Å². The molecule has 2 atom stereocenters. The quantitative estimate of drug-likeness (QED) is 0.844. The number of hydrogen-bond donors (Lipinski definition) is 2. The van der Waals surface area contributed by atoms with Crippen LogP contribution in [0.1, 0.15) is 35.8 Å². The Labute approximate surface area is 111 Å². The molecule has 2 aromatic heterocycles. The van der Waals surface area contributed by atoms with E-state index in [0.29, 0.717) is 12.2 Å². The van der Waals surface area contributed by atoms with E-state index in [9.17, 15) is 5.11 Å². The first-order valence-corrected chi connectivity index (χ1v) is 6.88. The van der Waals surface area contributed by atoms with E-state index in [1.165, 1.54) is 4.88 Å². The Kier molecular flexibility index (Phi) is 4.52. The fourth-order valence-electron chi connectivity index (χ4n) is 1.78. The summed E-state index contributed by atoms with van der Waals surface area (Å²) in [5.74, 6) is 0.623. The molecule has 5 heteroatoms. The summed E-state index contributed by atoms with van der Waals surface area (Å²) in [6.07, 6.45) is 1.66. The van der Waals surface area contributed by atoms with E-state index in [0.717, 1.165) is 12.2 Å². The van der Waals surface area contributed by atoms with Gasteiger partial charge in [0.2, 0.25) is 0 Å². The second-order valence-electron chi connectivity index (χ2n) is 4.41. The second-order valence-corrected chi connectivity index (χ2v) is 5.35. The zero-order valence-electron chi connectivity index (χ0n) is 10.6. The summed E-state index contributed by atoms with van der Waals surface area (Å²) in [7, 11) is 0. The van der Waals surface area contributed by atoms with Crippen LogP contribution in [0.3, 0.4) is 0 Å². The molecule has 2 aromatic rings. The monoisotopic (exact) mass is 266 g/mol. The average Bonchev–Trinajstić information content (AvgIpc) is 2.97. The van der Waals surface area contributed by atoms with Crippen molar-refractivity contribution in [3.05, 3.63) is 40.2 Å². The van der Waals surface area contributed by atoms with Gasteiger partial charge in [0, 0.05) is 17.5 Å². The first kappa shape index (κ1) is 13.3. The molecule has 2 unspecified atom stereocenters. The average molecular weight is 266 g/mol. The van der Waals surface area contributed by atoms with Gasteiger partial charge in [-0.25, -0.2) is 4.98 Å². The number of rotatable bonds is 6. The summed E-state index contributed by atoms with van der Waals surface area (Å²) in [6, 6.07) is 3.80. The maximum Gasteiger partial charge on any atom is 0.132 e. The van der Waals surface area contributed by atoms with Crippen LogP contribution in [-0.2, 0) is 6.54 Å². The van der Waals surface area contributed by atoms with Gasteiger partial charge in [-0.05, 0) is 32.4 Å². The number of nitrogens with zero attached hydrogens (tertiary/aromatic N) is 1. The smallest absolute Gasteiger partial charge is 0.132 e. The van der Waals surface area contributed by atoms with Crippen LogP contribution >= 0.6 is 11.3 Å². The van der Waals surface area contributed by atoms with Gasteiger partial charge in [-0.15, -0.1) is 11.3 Å². The van der Waals surface area contributed by atoms with E-state index in [1.807, 2.05) is 12.4 Å². The maximum absolute atomic E-state index is 9.95. The summed E-state index contributed by atoms with van der Waals surface area (Å²) >= 11 is 1.65. The molecule has 98 valence electrons. The molecule has 2 heterocycles. The van der Waals surface area contributed by atoms with E-state index in [4.69, 9.17) is 4.42 Å². The molecule has 0 aliphatic rings. The van der Waals surface area contributed by atoms with Gasteiger partial charge in [-0.2, -0.15) is 0 Å². The summed E-state index contributed by atoms with van der Waals surface area (Å²) < 4.78 is 5.18. The fourth-order valence-corrected chi connectivity index (χ4v) is 2.51. The van der Waals surface area contributed by atoms with E-state index in [2.05, 4.69) is 17.2 Å². The number of thiazole rings is 1. The van der Waals surface area contributed by atoms with E-state index in [-0.39, 0.29) is 6.04 Å². The Morgan fingerprint density at radius 1 is 1.56 bits per heavy atom. The van der Waals surface area contributed by atoms with Gasteiger partial charge in [0.1, 0.15) is 11.9 Å². The number of hydrogen-bond acceptors (Lipinski definition) is 5. The molecule has 0 bridgehead atoms. The number of furan rings is 1. The zero-order chi connectivity index (χ0) is 13.0. The topological polar surface area (TPSA) is 58.3 Å². The van der Waals surface area contributed by atoms with Crippen molar-refractivity contribution in [2.24, 2.45) is 0 Å². The zero-order valence-corrected chi connectivity index (χ0v) is 11.4. The van der Waals surface area contributed by atoms with Gasteiger partial charge in [0.15, 0.2) is 0 Å². The van der Waals surface area contributed by atoms with Crippen molar-refractivity contribution in [2.75, 3.05) is 0 Å². The van der Waals surface area contributed by atoms with Crippen LogP contribution < -0.4 is 5.32 Å². The third-order valence-corrected chi connectivity index (χ3v) is 3.84. The molecule has 0 aliphatic carbocycles. The molecule has 2 N–H and O–H groups in total. The van der Waals surface area contributed by atoms with E-state index >= 15 is 0 Å². The lowest BCUT2D eigenvalue weighted by Crippen LogP contribution is -2.27. The minimum absolute atomic E-state index is 0.214.